The summed E-state index contributed by atoms with van der Waals surface area (Å²) in [7, 11) is 1.62. The smallest absolute Gasteiger partial charge is 0.233 e. The fraction of sp³-hybridized carbons (Fsp3) is 0.500. The van der Waals surface area contributed by atoms with E-state index in [1.54, 1.807) is 7.11 Å². The van der Waals surface area contributed by atoms with E-state index < -0.39 is 0 Å². The molecule has 0 unspecified atom stereocenters. The number of carbonyl (C=O) groups is 1. The first-order chi connectivity index (χ1) is 9.21. The van der Waals surface area contributed by atoms with E-state index in [9.17, 15) is 4.79 Å². The fourth-order valence-electron chi connectivity index (χ4n) is 1.74. The number of carbonyl (C=O) groups excluding carboxylic acids is 1. The second kappa shape index (κ2) is 10.3. The summed E-state index contributed by atoms with van der Waals surface area (Å²) in [5.41, 5.74) is 6.37. The maximum atomic E-state index is 11.0. The average molecular weight is 303 g/mol. The standard InChI is InChI=1S/C14H22N2O3.ClH/c1-3-19-13-9-11(6-7-12(13)18-2)5-4-8-16-14(17)10-15;/h6-7,9H,3-5,8,10,15H2,1-2H3,(H,16,17);1H. The SMILES string of the molecule is CCOc1cc(CCCNC(=O)CN)ccc1OC.Cl. The number of benzene rings is 1. The first-order valence-electron chi connectivity index (χ1n) is 6.47. The highest BCUT2D eigenvalue weighted by atomic mass is 35.5. The Hall–Kier alpha value is -1.46. The van der Waals surface area contributed by atoms with Crippen molar-refractivity contribution in [3.63, 3.8) is 0 Å². The molecule has 6 heteroatoms. The molecule has 1 amide bonds. The lowest BCUT2D eigenvalue weighted by Crippen LogP contribution is -2.31. The Bertz CT molecular complexity index is 413. The van der Waals surface area contributed by atoms with Crippen LogP contribution in [0.15, 0.2) is 18.2 Å². The van der Waals surface area contributed by atoms with Crippen molar-refractivity contribution in [1.29, 1.82) is 0 Å². The van der Waals surface area contributed by atoms with Crippen LogP contribution in [0.3, 0.4) is 0 Å². The van der Waals surface area contributed by atoms with Gasteiger partial charge in [-0.05, 0) is 37.5 Å². The summed E-state index contributed by atoms with van der Waals surface area (Å²) >= 11 is 0. The third-order valence-electron chi connectivity index (χ3n) is 2.68. The van der Waals surface area contributed by atoms with E-state index in [2.05, 4.69) is 5.32 Å². The lowest BCUT2D eigenvalue weighted by atomic mass is 10.1. The van der Waals surface area contributed by atoms with Crippen molar-refractivity contribution < 1.29 is 14.3 Å². The Morgan fingerprint density at radius 3 is 2.70 bits per heavy atom. The minimum absolute atomic E-state index is 0. The number of nitrogens with one attached hydrogen (secondary N) is 1. The molecule has 5 nitrogen and oxygen atoms in total. The molecule has 0 aliphatic carbocycles. The Morgan fingerprint density at radius 1 is 1.35 bits per heavy atom. The van der Waals surface area contributed by atoms with Gasteiger partial charge in [0.2, 0.25) is 5.91 Å². The molecular weight excluding hydrogens is 280 g/mol. The van der Waals surface area contributed by atoms with E-state index in [-0.39, 0.29) is 24.9 Å². The van der Waals surface area contributed by atoms with Gasteiger partial charge in [-0.25, -0.2) is 0 Å². The zero-order chi connectivity index (χ0) is 14.1. The molecule has 0 radical (unpaired) electrons. The molecule has 0 aliphatic rings. The Morgan fingerprint density at radius 2 is 2.10 bits per heavy atom. The highest BCUT2D eigenvalue weighted by Gasteiger charge is 2.05. The highest BCUT2D eigenvalue weighted by Crippen LogP contribution is 2.28. The van der Waals surface area contributed by atoms with Crippen LogP contribution in [0.5, 0.6) is 11.5 Å². The molecule has 1 rings (SSSR count). The number of hydrogen-bond acceptors (Lipinski definition) is 4. The molecule has 0 saturated carbocycles. The van der Waals surface area contributed by atoms with E-state index in [0.717, 1.165) is 29.9 Å². The molecule has 1 aromatic rings. The monoisotopic (exact) mass is 302 g/mol. The zero-order valence-electron chi connectivity index (χ0n) is 12.0. The van der Waals surface area contributed by atoms with Crippen LogP contribution in [0.2, 0.25) is 0 Å². The largest absolute Gasteiger partial charge is 0.493 e. The van der Waals surface area contributed by atoms with E-state index >= 15 is 0 Å². The van der Waals surface area contributed by atoms with E-state index in [4.69, 9.17) is 15.2 Å². The Labute approximate surface area is 126 Å². The van der Waals surface area contributed by atoms with Crippen molar-refractivity contribution in [3.8, 4) is 11.5 Å². The van der Waals surface area contributed by atoms with Crippen molar-refractivity contribution in [2.24, 2.45) is 5.73 Å². The van der Waals surface area contributed by atoms with Gasteiger partial charge in [0.05, 0.1) is 20.3 Å². The highest BCUT2D eigenvalue weighted by molar-refractivity contribution is 5.85. The third-order valence-corrected chi connectivity index (χ3v) is 2.68. The van der Waals surface area contributed by atoms with Crippen LogP contribution in [0.4, 0.5) is 0 Å². The van der Waals surface area contributed by atoms with Crippen LogP contribution in [-0.2, 0) is 11.2 Å². The van der Waals surface area contributed by atoms with Crippen LogP contribution >= 0.6 is 12.4 Å². The van der Waals surface area contributed by atoms with Gasteiger partial charge in [0.1, 0.15) is 0 Å². The van der Waals surface area contributed by atoms with Gasteiger partial charge < -0.3 is 20.5 Å². The molecule has 20 heavy (non-hydrogen) atoms. The zero-order valence-corrected chi connectivity index (χ0v) is 12.8. The molecule has 0 aliphatic heterocycles. The quantitative estimate of drug-likeness (QED) is 0.714. The van der Waals surface area contributed by atoms with E-state index in [1.807, 2.05) is 25.1 Å². The Kier molecular flexibility index (Phi) is 9.59. The molecule has 114 valence electrons. The minimum Gasteiger partial charge on any atom is -0.493 e. The maximum Gasteiger partial charge on any atom is 0.233 e. The first kappa shape index (κ1) is 18.5. The predicted octanol–water partition coefficient (Wildman–Crippen LogP) is 1.52. The van der Waals surface area contributed by atoms with Crippen molar-refractivity contribution in [2.45, 2.75) is 19.8 Å². The molecule has 0 atom stereocenters. The van der Waals surface area contributed by atoms with E-state index in [0.29, 0.717) is 13.2 Å². The number of halogens is 1. The predicted molar refractivity (Wildman–Crippen MR) is 81.8 cm³/mol. The lowest BCUT2D eigenvalue weighted by molar-refractivity contribution is -0.119. The van der Waals surface area contributed by atoms with Crippen molar-refractivity contribution in [3.05, 3.63) is 23.8 Å². The minimum atomic E-state index is -0.121. The number of ether oxygens (including phenoxy) is 2. The number of rotatable bonds is 8. The van der Waals surface area contributed by atoms with Gasteiger partial charge in [-0.15, -0.1) is 12.4 Å². The van der Waals surface area contributed by atoms with Gasteiger partial charge in [0.15, 0.2) is 11.5 Å². The number of hydrogen-bond donors (Lipinski definition) is 2. The van der Waals surface area contributed by atoms with Crippen LogP contribution in [0.1, 0.15) is 18.9 Å². The van der Waals surface area contributed by atoms with Crippen molar-refractivity contribution >= 4 is 18.3 Å². The van der Waals surface area contributed by atoms with Crippen molar-refractivity contribution in [1.82, 2.24) is 5.32 Å². The number of methoxy groups -OCH3 is 1. The van der Waals surface area contributed by atoms with Gasteiger partial charge >= 0.3 is 0 Å². The summed E-state index contributed by atoms with van der Waals surface area (Å²) in [6.07, 6.45) is 1.73. The maximum absolute atomic E-state index is 11.0. The molecule has 0 bridgehead atoms. The first-order valence-corrected chi connectivity index (χ1v) is 6.47. The molecule has 3 N–H and O–H groups in total. The number of aryl methyl sites for hydroxylation is 1. The summed E-state index contributed by atoms with van der Waals surface area (Å²) in [6.45, 7) is 3.21. The summed E-state index contributed by atoms with van der Waals surface area (Å²) in [4.78, 5) is 11.0. The second-order valence-corrected chi connectivity index (χ2v) is 4.08. The molecule has 0 spiro atoms. The normalized spacial score (nSPS) is 9.55. The second-order valence-electron chi connectivity index (χ2n) is 4.08. The summed E-state index contributed by atoms with van der Waals surface area (Å²) < 4.78 is 10.7. The summed E-state index contributed by atoms with van der Waals surface area (Å²) in [5, 5.41) is 2.75. The van der Waals surface area contributed by atoms with Gasteiger partial charge in [-0.2, -0.15) is 0 Å². The van der Waals surface area contributed by atoms with Gasteiger partial charge in [-0.3, -0.25) is 4.79 Å². The third kappa shape index (κ3) is 6.12. The molecular formula is C14H23ClN2O3. The van der Waals surface area contributed by atoms with Gasteiger partial charge in [0, 0.05) is 6.54 Å². The van der Waals surface area contributed by atoms with Crippen LogP contribution in [0.25, 0.3) is 0 Å². The molecule has 0 heterocycles. The van der Waals surface area contributed by atoms with Crippen LogP contribution in [0, 0.1) is 0 Å². The van der Waals surface area contributed by atoms with Crippen LogP contribution in [-0.4, -0.2) is 32.7 Å². The lowest BCUT2D eigenvalue weighted by Gasteiger charge is -2.11. The molecule has 0 fully saturated rings. The molecule has 0 saturated heterocycles. The number of nitrogens with two attached hydrogens (primary N) is 1. The van der Waals surface area contributed by atoms with Crippen molar-refractivity contribution in [2.75, 3.05) is 26.8 Å². The summed E-state index contributed by atoms with van der Waals surface area (Å²) in [6, 6.07) is 5.89. The molecule has 0 aromatic heterocycles. The van der Waals surface area contributed by atoms with E-state index in [1.165, 1.54) is 0 Å². The molecule has 1 aromatic carbocycles. The Balaban J connectivity index is 0.00000361. The van der Waals surface area contributed by atoms with Gasteiger partial charge in [-0.1, -0.05) is 6.07 Å². The van der Waals surface area contributed by atoms with Gasteiger partial charge in [0.25, 0.3) is 0 Å². The topological polar surface area (TPSA) is 73.6 Å². The summed E-state index contributed by atoms with van der Waals surface area (Å²) in [5.74, 6) is 1.38. The van der Waals surface area contributed by atoms with Crippen LogP contribution < -0.4 is 20.5 Å². The average Bonchev–Trinajstić information content (AvgIpc) is 2.44. The fourth-order valence-corrected chi connectivity index (χ4v) is 1.74. The number of amides is 1.